The number of phenolic OH excluding ortho intramolecular Hbond substituents is 2. The van der Waals surface area contributed by atoms with Crippen molar-refractivity contribution in [3.63, 3.8) is 0 Å². The second-order valence-electron chi connectivity index (χ2n) is 8.02. The van der Waals surface area contributed by atoms with Gasteiger partial charge in [0.2, 0.25) is 0 Å². The van der Waals surface area contributed by atoms with E-state index in [-0.39, 0.29) is 5.41 Å². The van der Waals surface area contributed by atoms with Crippen LogP contribution >= 0.6 is 0 Å². The molecule has 0 aliphatic heterocycles. The van der Waals surface area contributed by atoms with Crippen molar-refractivity contribution in [3.05, 3.63) is 71.8 Å². The second-order valence-corrected chi connectivity index (χ2v) is 8.02. The summed E-state index contributed by atoms with van der Waals surface area (Å²) in [6.07, 6.45) is 7.55. The molecule has 4 heteroatoms. The van der Waals surface area contributed by atoms with E-state index in [1.54, 1.807) is 18.2 Å². The average Bonchev–Trinajstić information content (AvgIpc) is 2.70. The quantitative estimate of drug-likeness (QED) is 0.443. The smallest absolute Gasteiger partial charge is 0.135 e. The van der Waals surface area contributed by atoms with Crippen LogP contribution in [0.4, 0.5) is 0 Å². The highest BCUT2D eigenvalue weighted by Gasteiger charge is 2.47. The molecule has 0 unspecified atom stereocenters. The predicted octanol–water partition coefficient (Wildman–Crippen LogP) is 4.88. The summed E-state index contributed by atoms with van der Waals surface area (Å²) in [5, 5.41) is 24.0. The molecule has 0 spiro atoms. The van der Waals surface area contributed by atoms with Gasteiger partial charge in [0.05, 0.1) is 5.71 Å². The zero-order chi connectivity index (χ0) is 19.6. The highest BCUT2D eigenvalue weighted by Crippen LogP contribution is 2.52. The number of aryl methyl sites for hydroxylation is 1. The molecule has 4 nitrogen and oxygen atoms in total. The van der Waals surface area contributed by atoms with Crippen molar-refractivity contribution < 1.29 is 15.1 Å². The zero-order valence-corrected chi connectivity index (χ0v) is 16.1. The van der Waals surface area contributed by atoms with Gasteiger partial charge in [-0.3, -0.25) is 0 Å². The molecule has 2 aliphatic carbocycles. The third kappa shape index (κ3) is 3.51. The van der Waals surface area contributed by atoms with Crippen LogP contribution in [0.3, 0.4) is 0 Å². The fourth-order valence-corrected chi connectivity index (χ4v) is 5.06. The summed E-state index contributed by atoms with van der Waals surface area (Å²) in [5.74, 6) is 1.12. The molecule has 0 aromatic heterocycles. The Kier molecular flexibility index (Phi) is 5.12. The Morgan fingerprint density at radius 3 is 2.68 bits per heavy atom. The molecule has 28 heavy (non-hydrogen) atoms. The van der Waals surface area contributed by atoms with E-state index in [4.69, 9.17) is 4.84 Å². The van der Waals surface area contributed by atoms with Crippen LogP contribution in [0.15, 0.2) is 60.3 Å². The molecule has 1 saturated carbocycles. The first-order chi connectivity index (χ1) is 13.6. The van der Waals surface area contributed by atoms with Gasteiger partial charge in [-0.25, -0.2) is 0 Å². The van der Waals surface area contributed by atoms with Gasteiger partial charge in [-0.2, -0.15) is 0 Å². The highest BCUT2D eigenvalue weighted by atomic mass is 16.6. The van der Waals surface area contributed by atoms with Crippen LogP contribution < -0.4 is 0 Å². The number of hydrogen-bond donors (Lipinski definition) is 2. The summed E-state index contributed by atoms with van der Waals surface area (Å²) in [6, 6.07) is 13.4. The maximum absolute atomic E-state index is 9.98. The van der Waals surface area contributed by atoms with E-state index in [2.05, 4.69) is 17.8 Å². The number of hydrogen-bond acceptors (Lipinski definition) is 4. The summed E-state index contributed by atoms with van der Waals surface area (Å²) in [5.41, 5.74) is 5.01. The molecule has 2 aliphatic rings. The van der Waals surface area contributed by atoms with Gasteiger partial charge in [-0.1, -0.05) is 36.0 Å². The van der Waals surface area contributed by atoms with Crippen LogP contribution in [0.2, 0.25) is 0 Å². The molecule has 2 aromatic carbocycles. The monoisotopic (exact) mass is 377 g/mol. The van der Waals surface area contributed by atoms with Gasteiger partial charge < -0.3 is 15.1 Å². The SMILES string of the molecule is C=CCON=C1CC[C@@]2(Cc3ccc(O)cc3)c3ccc(O)cc3CC[C@@H]2C1. The predicted molar refractivity (Wildman–Crippen MR) is 111 cm³/mol. The molecule has 2 N–H and O–H groups in total. The molecular weight excluding hydrogens is 350 g/mol. The van der Waals surface area contributed by atoms with E-state index in [1.807, 2.05) is 24.3 Å². The highest BCUT2D eigenvalue weighted by molar-refractivity contribution is 5.85. The molecule has 0 amide bonds. The number of oxime groups is 1. The van der Waals surface area contributed by atoms with Crippen molar-refractivity contribution >= 4 is 5.71 Å². The Labute approximate surface area is 166 Å². The number of fused-ring (bicyclic) bond motifs is 3. The third-order valence-electron chi connectivity index (χ3n) is 6.35. The lowest BCUT2D eigenvalue weighted by Gasteiger charge is -2.49. The van der Waals surface area contributed by atoms with Crippen molar-refractivity contribution in [1.82, 2.24) is 0 Å². The summed E-state index contributed by atoms with van der Waals surface area (Å²) >= 11 is 0. The first-order valence-electron chi connectivity index (χ1n) is 9.99. The minimum Gasteiger partial charge on any atom is -0.508 e. The number of aromatic hydroxyl groups is 2. The van der Waals surface area contributed by atoms with E-state index in [0.717, 1.165) is 44.2 Å². The Hall–Kier alpha value is -2.75. The van der Waals surface area contributed by atoms with Crippen molar-refractivity contribution in [2.24, 2.45) is 11.1 Å². The van der Waals surface area contributed by atoms with Crippen LogP contribution in [-0.2, 0) is 23.1 Å². The number of benzene rings is 2. The van der Waals surface area contributed by atoms with E-state index in [1.165, 1.54) is 16.7 Å². The van der Waals surface area contributed by atoms with Crippen LogP contribution in [0.25, 0.3) is 0 Å². The van der Waals surface area contributed by atoms with E-state index >= 15 is 0 Å². The minimum atomic E-state index is 0.0235. The lowest BCUT2D eigenvalue weighted by Crippen LogP contribution is -2.46. The molecule has 2 aromatic rings. The molecule has 146 valence electrons. The maximum Gasteiger partial charge on any atom is 0.135 e. The Balaban J connectivity index is 1.70. The van der Waals surface area contributed by atoms with Crippen molar-refractivity contribution in [1.29, 1.82) is 0 Å². The van der Waals surface area contributed by atoms with E-state index < -0.39 is 0 Å². The minimum absolute atomic E-state index is 0.0235. The normalized spacial score (nSPS) is 25.0. The largest absolute Gasteiger partial charge is 0.508 e. The fraction of sp³-hybridized carbons (Fsp3) is 0.375. The van der Waals surface area contributed by atoms with Gasteiger partial charge in [-0.05, 0) is 85.4 Å². The van der Waals surface area contributed by atoms with Crippen molar-refractivity contribution in [3.8, 4) is 11.5 Å². The van der Waals surface area contributed by atoms with Gasteiger partial charge in [-0.15, -0.1) is 0 Å². The Bertz CT molecular complexity index is 887. The molecule has 2 atom stereocenters. The molecular formula is C24H27NO3. The molecule has 4 rings (SSSR count). The molecule has 0 heterocycles. The number of phenols is 2. The van der Waals surface area contributed by atoms with Crippen molar-refractivity contribution in [2.45, 2.75) is 43.9 Å². The summed E-state index contributed by atoms with van der Waals surface area (Å²) in [7, 11) is 0. The van der Waals surface area contributed by atoms with Gasteiger partial charge in [0.15, 0.2) is 0 Å². The first-order valence-corrected chi connectivity index (χ1v) is 9.99. The first kappa shape index (κ1) is 18.6. The molecule has 0 radical (unpaired) electrons. The summed E-state index contributed by atoms with van der Waals surface area (Å²) < 4.78 is 0. The van der Waals surface area contributed by atoms with Gasteiger partial charge >= 0.3 is 0 Å². The topological polar surface area (TPSA) is 62.0 Å². The lowest BCUT2D eigenvalue weighted by molar-refractivity contribution is 0.162. The third-order valence-corrected chi connectivity index (χ3v) is 6.35. The van der Waals surface area contributed by atoms with Crippen LogP contribution in [0.1, 0.15) is 42.4 Å². The van der Waals surface area contributed by atoms with Gasteiger partial charge in [0, 0.05) is 5.41 Å². The molecule has 0 bridgehead atoms. The Morgan fingerprint density at radius 1 is 1.11 bits per heavy atom. The van der Waals surface area contributed by atoms with Gasteiger partial charge in [0.25, 0.3) is 0 Å². The average molecular weight is 377 g/mol. The molecule has 0 saturated heterocycles. The standard InChI is InChI=1S/C24H27NO3/c1-2-13-28-25-20-11-12-24(16-17-3-7-21(26)8-4-17)19(15-20)6-5-18-14-22(27)9-10-23(18)24/h2-4,7-10,14,19,26-27H,1,5-6,11-13,15-16H2/t19-,24+/m1/s1. The molecule has 1 fully saturated rings. The van der Waals surface area contributed by atoms with Crippen LogP contribution in [0.5, 0.6) is 11.5 Å². The van der Waals surface area contributed by atoms with E-state index in [0.29, 0.717) is 24.0 Å². The fourth-order valence-electron chi connectivity index (χ4n) is 5.06. The second kappa shape index (κ2) is 7.70. The van der Waals surface area contributed by atoms with Crippen molar-refractivity contribution in [2.75, 3.05) is 6.61 Å². The van der Waals surface area contributed by atoms with Crippen LogP contribution in [-0.4, -0.2) is 22.5 Å². The Morgan fingerprint density at radius 2 is 1.89 bits per heavy atom. The summed E-state index contributed by atoms with van der Waals surface area (Å²) in [4.78, 5) is 5.36. The number of rotatable bonds is 5. The van der Waals surface area contributed by atoms with E-state index in [9.17, 15) is 10.2 Å². The van der Waals surface area contributed by atoms with Gasteiger partial charge in [0.1, 0.15) is 18.1 Å². The maximum atomic E-state index is 9.98. The number of nitrogens with zero attached hydrogens (tertiary/aromatic N) is 1. The van der Waals surface area contributed by atoms with Crippen LogP contribution in [0, 0.1) is 5.92 Å². The zero-order valence-electron chi connectivity index (χ0n) is 16.1. The lowest BCUT2D eigenvalue weighted by atomic mass is 9.55. The summed E-state index contributed by atoms with van der Waals surface area (Å²) in [6.45, 7) is 4.11.